The minimum atomic E-state index is -1.36. The molecule has 2 aliphatic heterocycles. The lowest BCUT2D eigenvalue weighted by Gasteiger charge is -2.61. The monoisotopic (exact) mass is 632 g/mol. The van der Waals surface area contributed by atoms with Gasteiger partial charge in [-0.2, -0.15) is 0 Å². The summed E-state index contributed by atoms with van der Waals surface area (Å²) in [5.41, 5.74) is -2.21. The maximum Gasteiger partial charge on any atom is 0.186 e. The van der Waals surface area contributed by atoms with E-state index in [1.807, 2.05) is 34.6 Å². The van der Waals surface area contributed by atoms with Crippen LogP contribution in [0.15, 0.2) is 11.6 Å². The minimum absolute atomic E-state index is 0.0151. The number of carbonyl (C=O) groups excluding carboxylic acids is 2. The van der Waals surface area contributed by atoms with Gasteiger partial charge >= 0.3 is 0 Å². The topological polar surface area (TPSA) is 166 Å². The minimum Gasteiger partial charge on any atom is -0.392 e. The largest absolute Gasteiger partial charge is 0.392 e. The first-order valence-corrected chi connectivity index (χ1v) is 16.9. The van der Waals surface area contributed by atoms with Crippen molar-refractivity contribution in [2.75, 3.05) is 6.61 Å². The first-order chi connectivity index (χ1) is 20.8. The van der Waals surface area contributed by atoms with E-state index in [1.54, 1.807) is 0 Å². The second kappa shape index (κ2) is 9.68. The Morgan fingerprint density at radius 2 is 1.73 bits per heavy atom. The van der Waals surface area contributed by atoms with E-state index in [4.69, 9.17) is 14.2 Å². The SMILES string of the molecule is C[C@H](CC(=O)[C@@H]1OC1(C)C)[C@H]1C(=O)[C@H](O)[C@@]2(C)C3=CC[C@H]4C(C)(C)[C@@H](O[C@@H]5OC[C@@H](O)[C@H](O)[C@H]5O)CC[C@@]45C[C@@]35[C@@H](O)C[C@]12C. The van der Waals surface area contributed by atoms with Crippen LogP contribution in [0.4, 0.5) is 0 Å². The van der Waals surface area contributed by atoms with E-state index in [1.165, 1.54) is 0 Å². The predicted octanol–water partition coefficient (Wildman–Crippen LogP) is 2.06. The molecule has 5 aliphatic carbocycles. The van der Waals surface area contributed by atoms with Crippen LogP contribution in [0.2, 0.25) is 0 Å². The van der Waals surface area contributed by atoms with E-state index >= 15 is 0 Å². The predicted molar refractivity (Wildman–Crippen MR) is 160 cm³/mol. The summed E-state index contributed by atoms with van der Waals surface area (Å²) in [5, 5.41) is 54.7. The number of fused-ring (bicyclic) bond motifs is 2. The van der Waals surface area contributed by atoms with E-state index in [0.29, 0.717) is 19.3 Å². The van der Waals surface area contributed by atoms with Crippen molar-refractivity contribution >= 4 is 11.6 Å². The average molecular weight is 633 g/mol. The molecule has 0 unspecified atom stereocenters. The van der Waals surface area contributed by atoms with E-state index in [-0.39, 0.29) is 53.4 Å². The van der Waals surface area contributed by atoms with Gasteiger partial charge in [-0.25, -0.2) is 0 Å². The van der Waals surface area contributed by atoms with Gasteiger partial charge < -0.3 is 39.7 Å². The third-order valence-corrected chi connectivity index (χ3v) is 14.5. The summed E-state index contributed by atoms with van der Waals surface area (Å²) in [6.07, 6.45) is -1.92. The molecule has 45 heavy (non-hydrogen) atoms. The molecule has 252 valence electrons. The second-order valence-electron chi connectivity index (χ2n) is 17.3. The van der Waals surface area contributed by atoms with Gasteiger partial charge in [-0.3, -0.25) is 9.59 Å². The number of rotatable bonds is 6. The summed E-state index contributed by atoms with van der Waals surface area (Å²) in [7, 11) is 0. The van der Waals surface area contributed by atoms with Gasteiger partial charge in [0.25, 0.3) is 0 Å². The van der Waals surface area contributed by atoms with Gasteiger partial charge in [0.05, 0.1) is 24.4 Å². The lowest BCUT2D eigenvalue weighted by molar-refractivity contribution is -0.301. The number of hydrogen-bond donors (Lipinski definition) is 5. The molecule has 7 rings (SSSR count). The number of allylic oxidation sites excluding steroid dienone is 1. The molecule has 10 heteroatoms. The summed E-state index contributed by atoms with van der Waals surface area (Å²) < 4.78 is 17.5. The molecule has 4 saturated carbocycles. The first-order valence-electron chi connectivity index (χ1n) is 16.9. The smallest absolute Gasteiger partial charge is 0.186 e. The van der Waals surface area contributed by atoms with Crippen LogP contribution in [0, 0.1) is 44.8 Å². The number of aliphatic hydroxyl groups is 5. The highest BCUT2D eigenvalue weighted by Gasteiger charge is 2.85. The van der Waals surface area contributed by atoms with Crippen LogP contribution < -0.4 is 0 Å². The normalized spacial score (nSPS) is 54.6. The summed E-state index contributed by atoms with van der Waals surface area (Å²) in [5.74, 6) is -0.982. The van der Waals surface area contributed by atoms with E-state index in [9.17, 15) is 35.1 Å². The Hall–Kier alpha value is -1.24. The number of ketones is 2. The molecule has 6 fully saturated rings. The molecule has 0 aromatic carbocycles. The standard InChI is InChI=1S/C35H52O10/c1-16(12-17(36)28-31(4,5)45-28)23-25(40)27(42)33(7)20-9-8-19-30(2,3)22(44-29-26(41)24(39)18(37)14-43-29)10-11-34(19)15-35(20,34)21(38)13-32(23,33)6/h9,16,18-19,21-24,26-29,37-39,41-42H,8,10-15H2,1-7H3/t16-,18-,19+,21+,22+,23+,24+,26-,27+,28+,29+,32-,33-,34-,35+/m1/s1. The van der Waals surface area contributed by atoms with Crippen LogP contribution in [-0.2, 0) is 23.8 Å². The molecule has 0 aromatic rings. The molecule has 2 saturated heterocycles. The van der Waals surface area contributed by atoms with Crippen molar-refractivity contribution in [1.29, 1.82) is 0 Å². The molecule has 2 spiro atoms. The lowest BCUT2D eigenvalue weighted by Crippen LogP contribution is -2.60. The van der Waals surface area contributed by atoms with E-state index < -0.39 is 70.7 Å². The van der Waals surface area contributed by atoms with Crippen LogP contribution >= 0.6 is 0 Å². The van der Waals surface area contributed by atoms with Gasteiger partial charge in [-0.05, 0) is 74.0 Å². The number of hydrogen-bond acceptors (Lipinski definition) is 10. The molecule has 10 nitrogen and oxygen atoms in total. The highest BCUT2D eigenvalue weighted by molar-refractivity contribution is 5.93. The lowest BCUT2D eigenvalue weighted by atomic mass is 9.44. The zero-order chi connectivity index (χ0) is 32.9. The molecular weight excluding hydrogens is 580 g/mol. The number of aliphatic hydroxyl groups excluding tert-OH is 5. The first kappa shape index (κ1) is 32.3. The number of carbonyl (C=O) groups is 2. The third-order valence-electron chi connectivity index (χ3n) is 14.5. The maximum atomic E-state index is 14.0. The zero-order valence-electron chi connectivity index (χ0n) is 27.7. The van der Waals surface area contributed by atoms with Crippen molar-refractivity contribution < 1.29 is 49.3 Å². The number of Topliss-reactive ketones (excluding diaryl/α,β-unsaturated/α-hetero) is 2. The molecule has 0 radical (unpaired) electrons. The Bertz CT molecular complexity index is 1330. The summed E-state index contributed by atoms with van der Waals surface area (Å²) in [6.45, 7) is 13.9. The van der Waals surface area contributed by atoms with Crippen LogP contribution in [0.3, 0.4) is 0 Å². The van der Waals surface area contributed by atoms with Crippen molar-refractivity contribution in [2.45, 2.75) is 142 Å². The van der Waals surface area contributed by atoms with Gasteiger partial charge in [-0.1, -0.05) is 46.3 Å². The van der Waals surface area contributed by atoms with Crippen molar-refractivity contribution in [1.82, 2.24) is 0 Å². The molecule has 0 amide bonds. The fourth-order valence-corrected chi connectivity index (χ4v) is 11.9. The summed E-state index contributed by atoms with van der Waals surface area (Å²) >= 11 is 0. The Morgan fingerprint density at radius 3 is 2.38 bits per heavy atom. The van der Waals surface area contributed by atoms with Crippen molar-refractivity contribution in [3.63, 3.8) is 0 Å². The van der Waals surface area contributed by atoms with Crippen molar-refractivity contribution in [2.24, 2.45) is 44.8 Å². The van der Waals surface area contributed by atoms with E-state index in [2.05, 4.69) is 19.9 Å². The van der Waals surface area contributed by atoms with Crippen molar-refractivity contribution in [3.8, 4) is 0 Å². The fraction of sp³-hybridized carbons (Fsp3) is 0.886. The van der Waals surface area contributed by atoms with Crippen molar-refractivity contribution in [3.05, 3.63) is 11.6 Å². The van der Waals surface area contributed by atoms with Gasteiger partial charge in [0, 0.05) is 23.2 Å². The number of epoxide rings is 1. The highest BCUT2D eigenvalue weighted by atomic mass is 16.7. The Kier molecular flexibility index (Phi) is 6.95. The quantitative estimate of drug-likeness (QED) is 0.216. The summed E-state index contributed by atoms with van der Waals surface area (Å²) in [4.78, 5) is 27.1. The molecule has 0 aromatic heterocycles. The molecule has 2 heterocycles. The second-order valence-corrected chi connectivity index (χ2v) is 17.3. The van der Waals surface area contributed by atoms with Gasteiger partial charge in [0.1, 0.15) is 30.5 Å². The third kappa shape index (κ3) is 3.91. The maximum absolute atomic E-state index is 14.0. The fourth-order valence-electron chi connectivity index (χ4n) is 11.9. The van der Waals surface area contributed by atoms with E-state index in [0.717, 1.165) is 18.4 Å². The molecule has 5 N–H and O–H groups in total. The van der Waals surface area contributed by atoms with Crippen LogP contribution in [-0.4, -0.2) is 98.3 Å². The summed E-state index contributed by atoms with van der Waals surface area (Å²) in [6, 6.07) is 0. The molecule has 15 atom stereocenters. The van der Waals surface area contributed by atoms with Gasteiger partial charge in [0.2, 0.25) is 0 Å². The molecule has 0 bridgehead atoms. The average Bonchev–Trinajstić information content (AvgIpc) is 3.82. The Labute approximate surface area is 265 Å². The van der Waals surface area contributed by atoms with Gasteiger partial charge in [-0.15, -0.1) is 0 Å². The highest BCUT2D eigenvalue weighted by Crippen LogP contribution is 2.87. The zero-order valence-corrected chi connectivity index (χ0v) is 27.7. The van der Waals surface area contributed by atoms with Crippen LogP contribution in [0.1, 0.15) is 87.0 Å². The molecular formula is C35H52O10. The number of ether oxygens (including phenoxy) is 3. The van der Waals surface area contributed by atoms with Crippen LogP contribution in [0.25, 0.3) is 0 Å². The van der Waals surface area contributed by atoms with Crippen LogP contribution in [0.5, 0.6) is 0 Å². The Balaban J connectivity index is 1.18. The van der Waals surface area contributed by atoms with Gasteiger partial charge in [0.15, 0.2) is 17.9 Å². The Morgan fingerprint density at radius 1 is 1.07 bits per heavy atom. The molecule has 7 aliphatic rings.